The Morgan fingerprint density at radius 1 is 0.364 bits per heavy atom. The lowest BCUT2D eigenvalue weighted by Gasteiger charge is -2.49. The van der Waals surface area contributed by atoms with Gasteiger partial charge < -0.3 is 124 Å². The van der Waals surface area contributed by atoms with E-state index in [9.17, 15) is 81.7 Å². The second-order valence-corrected chi connectivity index (χ2v) is 14.0. The molecule has 0 spiro atoms. The van der Waals surface area contributed by atoms with Crippen molar-refractivity contribution in [1.82, 2.24) is 0 Å². The number of hydrogen-bond acceptors (Lipinski definition) is 25. The summed E-state index contributed by atoms with van der Waals surface area (Å²) < 4.78 is 49.3. The van der Waals surface area contributed by atoms with Crippen LogP contribution in [0.2, 0.25) is 0 Å². The summed E-state index contributed by atoms with van der Waals surface area (Å²) in [5.74, 6) is 0. The average molecular weight is 813 g/mol. The zero-order valence-electron chi connectivity index (χ0n) is 29.1. The SMILES string of the molecule is C[C@@H]1O[C@@H](O[C@H]2C(O)O[C@H](CO)[C@@H](O[C@@H]3O[C@H](CO)[C@@H](O)[C@H](O[C@@H]4O[C@H](CO[C@@H]5O[C@H](CO)[C@@H](O)[C@H](O)[C@H]5O)[C@@H](O)[C@H](O)[C@H]4O)[C@H]3O)[C@@H]2O)[C@H](O)[C@H](O)[C@H]1O. The van der Waals surface area contributed by atoms with Crippen molar-refractivity contribution in [2.75, 3.05) is 26.4 Å². The van der Waals surface area contributed by atoms with E-state index in [0.29, 0.717) is 0 Å². The van der Waals surface area contributed by atoms with Crippen molar-refractivity contribution in [2.45, 2.75) is 160 Å². The van der Waals surface area contributed by atoms with Gasteiger partial charge in [0.25, 0.3) is 0 Å². The van der Waals surface area contributed by atoms with E-state index in [1.54, 1.807) is 0 Å². The van der Waals surface area contributed by atoms with Gasteiger partial charge in [-0.1, -0.05) is 0 Å². The van der Waals surface area contributed by atoms with Crippen LogP contribution in [0.25, 0.3) is 0 Å². The van der Waals surface area contributed by atoms with Gasteiger partial charge in [-0.15, -0.1) is 0 Å². The fourth-order valence-electron chi connectivity index (χ4n) is 6.85. The third-order valence-electron chi connectivity index (χ3n) is 10.3. The van der Waals surface area contributed by atoms with Crippen LogP contribution < -0.4 is 0 Å². The maximum atomic E-state index is 11.3. The molecule has 25 heteroatoms. The number of hydrogen-bond donors (Lipinski definition) is 16. The Morgan fingerprint density at radius 3 is 1.40 bits per heavy atom. The fraction of sp³-hybridized carbons (Fsp3) is 1.00. The largest absolute Gasteiger partial charge is 0.394 e. The van der Waals surface area contributed by atoms with Gasteiger partial charge in [-0.3, -0.25) is 0 Å². The first-order chi connectivity index (χ1) is 25.9. The topological polar surface area (TPSA) is 407 Å². The van der Waals surface area contributed by atoms with Gasteiger partial charge in [0, 0.05) is 0 Å². The van der Waals surface area contributed by atoms with Gasteiger partial charge in [0.15, 0.2) is 31.5 Å². The molecular weight excluding hydrogens is 760 g/mol. The molecule has 0 aromatic heterocycles. The van der Waals surface area contributed by atoms with Gasteiger partial charge in [-0.2, -0.15) is 0 Å². The summed E-state index contributed by atoms with van der Waals surface area (Å²) in [5.41, 5.74) is 0. The van der Waals surface area contributed by atoms with Crippen LogP contribution in [0.1, 0.15) is 6.92 Å². The Labute approximate surface area is 311 Å². The van der Waals surface area contributed by atoms with Crippen LogP contribution in [0.4, 0.5) is 0 Å². The van der Waals surface area contributed by atoms with Crippen molar-refractivity contribution >= 4 is 0 Å². The Morgan fingerprint density at radius 2 is 0.800 bits per heavy atom. The van der Waals surface area contributed by atoms with Crippen molar-refractivity contribution in [1.29, 1.82) is 0 Å². The monoisotopic (exact) mass is 812 g/mol. The molecule has 25 nitrogen and oxygen atoms in total. The zero-order valence-corrected chi connectivity index (χ0v) is 29.1. The Balaban J connectivity index is 1.28. The molecular formula is C30H52O25. The van der Waals surface area contributed by atoms with Crippen molar-refractivity contribution in [3.8, 4) is 0 Å². The highest BCUT2D eigenvalue weighted by atomic mass is 16.8. The molecule has 5 aliphatic heterocycles. The second kappa shape index (κ2) is 18.9. The van der Waals surface area contributed by atoms with Crippen LogP contribution in [0.15, 0.2) is 0 Å². The quantitative estimate of drug-likeness (QED) is 0.0870. The third kappa shape index (κ3) is 9.26. The minimum absolute atomic E-state index is 0.740. The van der Waals surface area contributed by atoms with E-state index >= 15 is 0 Å². The molecule has 25 atom stereocenters. The number of ether oxygens (including phenoxy) is 9. The van der Waals surface area contributed by atoms with E-state index in [-0.39, 0.29) is 0 Å². The summed E-state index contributed by atoms with van der Waals surface area (Å²) in [4.78, 5) is 0. The summed E-state index contributed by atoms with van der Waals surface area (Å²) in [6, 6.07) is 0. The lowest BCUT2D eigenvalue weighted by molar-refractivity contribution is -0.391. The third-order valence-corrected chi connectivity index (χ3v) is 10.3. The van der Waals surface area contributed by atoms with Gasteiger partial charge in [0.2, 0.25) is 0 Å². The highest BCUT2D eigenvalue weighted by molar-refractivity contribution is 4.98. The Hall–Kier alpha value is -1.00. The van der Waals surface area contributed by atoms with Gasteiger partial charge in [-0.25, -0.2) is 0 Å². The molecule has 55 heavy (non-hydrogen) atoms. The van der Waals surface area contributed by atoms with Crippen LogP contribution in [0, 0.1) is 0 Å². The van der Waals surface area contributed by atoms with Crippen LogP contribution in [-0.4, -0.2) is 262 Å². The van der Waals surface area contributed by atoms with E-state index in [1.165, 1.54) is 6.92 Å². The molecule has 0 amide bonds. The van der Waals surface area contributed by atoms with Crippen molar-refractivity contribution in [2.24, 2.45) is 0 Å². The van der Waals surface area contributed by atoms with Gasteiger partial charge >= 0.3 is 0 Å². The van der Waals surface area contributed by atoms with Crippen molar-refractivity contribution < 1.29 is 124 Å². The van der Waals surface area contributed by atoms with Crippen LogP contribution in [0.3, 0.4) is 0 Å². The highest BCUT2D eigenvalue weighted by Crippen LogP contribution is 2.34. The lowest BCUT2D eigenvalue weighted by atomic mass is 9.95. The molecule has 0 aliphatic carbocycles. The molecule has 5 rings (SSSR count). The molecule has 5 saturated heterocycles. The van der Waals surface area contributed by atoms with E-state index in [4.69, 9.17) is 42.6 Å². The normalized spacial score (nSPS) is 53.9. The van der Waals surface area contributed by atoms with E-state index in [1.807, 2.05) is 0 Å². The molecule has 322 valence electrons. The van der Waals surface area contributed by atoms with Gasteiger partial charge in [0.05, 0.1) is 32.5 Å². The molecule has 0 saturated carbocycles. The Bertz CT molecular complexity index is 1190. The maximum absolute atomic E-state index is 11.3. The van der Waals surface area contributed by atoms with E-state index < -0.39 is 180 Å². The fourth-order valence-corrected chi connectivity index (χ4v) is 6.85. The van der Waals surface area contributed by atoms with Crippen LogP contribution >= 0.6 is 0 Å². The zero-order chi connectivity index (χ0) is 40.6. The standard InChI is InChI=1S/C30H52O25/c1-6-11(34)15(38)19(42)28(48-6)55-25-21(44)23(9(4-33)49-26(25)46)53-30-22(45)24(14(37)8(3-32)51-30)54-29-20(43)17(40)13(36)10(52-29)5-47-27-18(41)16(39)12(35)7(2-31)50-27/h6-46H,2-5H2,1H3/t6-,7+,8+,9+,10+,11-,12+,13+,14+,15+,16-,17-,18+,19+,20+,21-,22+,23+,24-,25+,26?,27+,28-,29-,30-/m0/s1. The number of aliphatic hydroxyl groups excluding tert-OH is 16. The molecule has 0 radical (unpaired) electrons. The molecule has 1 unspecified atom stereocenters. The predicted molar refractivity (Wildman–Crippen MR) is 165 cm³/mol. The molecule has 5 heterocycles. The van der Waals surface area contributed by atoms with Crippen molar-refractivity contribution in [3.05, 3.63) is 0 Å². The van der Waals surface area contributed by atoms with Gasteiger partial charge in [-0.05, 0) is 6.92 Å². The first-order valence-corrected chi connectivity index (χ1v) is 17.5. The minimum Gasteiger partial charge on any atom is -0.394 e. The molecule has 0 aromatic carbocycles. The summed E-state index contributed by atoms with van der Waals surface area (Å²) >= 11 is 0. The van der Waals surface area contributed by atoms with Crippen LogP contribution in [0.5, 0.6) is 0 Å². The Kier molecular flexibility index (Phi) is 15.5. The summed E-state index contributed by atoms with van der Waals surface area (Å²) in [6.07, 6.45) is -44.6. The summed E-state index contributed by atoms with van der Waals surface area (Å²) in [6.45, 7) is -2.03. The lowest BCUT2D eigenvalue weighted by Crippen LogP contribution is -2.67. The van der Waals surface area contributed by atoms with Crippen molar-refractivity contribution in [3.63, 3.8) is 0 Å². The second-order valence-electron chi connectivity index (χ2n) is 14.0. The number of aliphatic hydroxyl groups is 16. The highest BCUT2D eigenvalue weighted by Gasteiger charge is 2.55. The summed E-state index contributed by atoms with van der Waals surface area (Å²) in [5, 5.41) is 166. The predicted octanol–water partition coefficient (Wildman–Crippen LogP) is -10.9. The van der Waals surface area contributed by atoms with E-state index in [0.717, 1.165) is 0 Å². The number of rotatable bonds is 12. The first-order valence-electron chi connectivity index (χ1n) is 17.5. The molecule has 0 aromatic rings. The van der Waals surface area contributed by atoms with Gasteiger partial charge in [0.1, 0.15) is 116 Å². The van der Waals surface area contributed by atoms with E-state index in [2.05, 4.69) is 0 Å². The van der Waals surface area contributed by atoms with Crippen LogP contribution in [-0.2, 0) is 42.6 Å². The maximum Gasteiger partial charge on any atom is 0.187 e. The minimum atomic E-state index is -2.11. The smallest absolute Gasteiger partial charge is 0.187 e. The molecule has 16 N–H and O–H groups in total. The first kappa shape index (κ1) is 45.1. The molecule has 5 aliphatic rings. The summed E-state index contributed by atoms with van der Waals surface area (Å²) in [7, 11) is 0. The average Bonchev–Trinajstić information content (AvgIpc) is 3.16. The molecule has 5 fully saturated rings. The molecule has 0 bridgehead atoms.